The highest BCUT2D eigenvalue weighted by Crippen LogP contribution is 2.29. The molecule has 1 aliphatic heterocycles. The molecule has 4 nitrogen and oxygen atoms in total. The minimum atomic E-state index is -0.0242. The zero-order valence-corrected chi connectivity index (χ0v) is 13.0. The van der Waals surface area contributed by atoms with Crippen molar-refractivity contribution in [3.05, 3.63) is 54.6 Å². The molecule has 1 saturated heterocycles. The van der Waals surface area contributed by atoms with Gasteiger partial charge in [0.2, 0.25) is 0 Å². The van der Waals surface area contributed by atoms with Crippen LogP contribution in [0.1, 0.15) is 6.42 Å². The van der Waals surface area contributed by atoms with Crippen LogP contribution in [-0.4, -0.2) is 42.2 Å². The first kappa shape index (κ1) is 15.6. The van der Waals surface area contributed by atoms with Crippen LogP contribution in [0.5, 0.6) is 5.75 Å². The van der Waals surface area contributed by atoms with E-state index in [0.29, 0.717) is 18.8 Å². The van der Waals surface area contributed by atoms with E-state index in [0.717, 1.165) is 17.5 Å². The summed E-state index contributed by atoms with van der Waals surface area (Å²) in [5.41, 5.74) is 2.05. The number of hydrogen-bond donors (Lipinski definition) is 1. The Morgan fingerprint density at radius 1 is 1.13 bits per heavy atom. The van der Waals surface area contributed by atoms with E-state index in [-0.39, 0.29) is 25.0 Å². The Kier molecular flexibility index (Phi) is 4.93. The average Bonchev–Trinajstić information content (AvgIpc) is 3.10. The number of ether oxygens (including phenoxy) is 1. The monoisotopic (exact) mass is 311 g/mol. The van der Waals surface area contributed by atoms with Gasteiger partial charge in [0.1, 0.15) is 5.75 Å². The molecule has 1 unspecified atom stereocenters. The number of para-hydroxylation sites is 1. The van der Waals surface area contributed by atoms with Crippen molar-refractivity contribution in [2.75, 3.05) is 26.3 Å². The molecule has 2 aromatic carbocycles. The third-order valence-corrected chi connectivity index (χ3v) is 4.22. The van der Waals surface area contributed by atoms with Crippen molar-refractivity contribution in [1.82, 2.24) is 4.90 Å². The number of hydrogen-bond acceptors (Lipinski definition) is 3. The fourth-order valence-electron chi connectivity index (χ4n) is 2.89. The summed E-state index contributed by atoms with van der Waals surface area (Å²) >= 11 is 0. The molecule has 120 valence electrons. The van der Waals surface area contributed by atoms with Crippen LogP contribution < -0.4 is 4.74 Å². The van der Waals surface area contributed by atoms with Crippen molar-refractivity contribution < 1.29 is 14.6 Å². The summed E-state index contributed by atoms with van der Waals surface area (Å²) in [6, 6.07) is 17.7. The Hall–Kier alpha value is -2.33. The number of nitrogens with zero attached hydrogens (tertiary/aromatic N) is 1. The SMILES string of the molecule is O=C(COc1ccccc1-c1ccccc1)N1CCC(CO)C1. The van der Waals surface area contributed by atoms with Gasteiger partial charge in [0.25, 0.3) is 5.91 Å². The molecule has 0 saturated carbocycles. The van der Waals surface area contributed by atoms with Crippen LogP contribution in [0.25, 0.3) is 11.1 Å². The first-order valence-corrected chi connectivity index (χ1v) is 7.94. The molecule has 0 radical (unpaired) electrons. The Morgan fingerprint density at radius 3 is 2.61 bits per heavy atom. The van der Waals surface area contributed by atoms with Gasteiger partial charge in [0.05, 0.1) is 0 Å². The summed E-state index contributed by atoms with van der Waals surface area (Å²) in [6.45, 7) is 1.50. The highest BCUT2D eigenvalue weighted by molar-refractivity contribution is 5.78. The quantitative estimate of drug-likeness (QED) is 0.923. The fraction of sp³-hybridized carbons (Fsp3) is 0.316. The predicted molar refractivity (Wildman–Crippen MR) is 89.1 cm³/mol. The van der Waals surface area contributed by atoms with Crippen molar-refractivity contribution in [3.8, 4) is 16.9 Å². The molecule has 1 atom stereocenters. The Morgan fingerprint density at radius 2 is 1.87 bits per heavy atom. The van der Waals surface area contributed by atoms with Gasteiger partial charge in [-0.1, -0.05) is 48.5 Å². The largest absolute Gasteiger partial charge is 0.483 e. The standard InChI is InChI=1S/C19H21NO3/c21-13-15-10-11-20(12-15)19(22)14-23-18-9-5-4-8-17(18)16-6-2-1-3-7-16/h1-9,15,21H,10-14H2. The molecule has 1 N–H and O–H groups in total. The molecule has 1 heterocycles. The van der Waals surface area contributed by atoms with Gasteiger partial charge in [0, 0.05) is 31.2 Å². The Bertz CT molecular complexity index is 657. The van der Waals surface area contributed by atoms with Crippen LogP contribution in [0.15, 0.2) is 54.6 Å². The van der Waals surface area contributed by atoms with Gasteiger partial charge in [-0.15, -0.1) is 0 Å². The van der Waals surface area contributed by atoms with E-state index in [1.54, 1.807) is 4.90 Å². The van der Waals surface area contributed by atoms with Crippen molar-refractivity contribution in [1.29, 1.82) is 0 Å². The van der Waals surface area contributed by atoms with E-state index in [1.807, 2.05) is 54.6 Å². The number of carbonyl (C=O) groups excluding carboxylic acids is 1. The van der Waals surface area contributed by atoms with E-state index in [1.165, 1.54) is 0 Å². The zero-order valence-electron chi connectivity index (χ0n) is 13.0. The minimum absolute atomic E-state index is 0.0242. The van der Waals surface area contributed by atoms with E-state index >= 15 is 0 Å². The molecular weight excluding hydrogens is 290 g/mol. The molecule has 3 rings (SSSR count). The van der Waals surface area contributed by atoms with Crippen LogP contribution in [0, 0.1) is 5.92 Å². The molecule has 23 heavy (non-hydrogen) atoms. The normalized spacial score (nSPS) is 17.3. The number of amides is 1. The molecule has 0 bridgehead atoms. The van der Waals surface area contributed by atoms with Crippen LogP contribution in [0.3, 0.4) is 0 Å². The second-order valence-corrected chi connectivity index (χ2v) is 5.83. The van der Waals surface area contributed by atoms with E-state index < -0.39 is 0 Å². The van der Waals surface area contributed by atoms with E-state index in [4.69, 9.17) is 9.84 Å². The fourth-order valence-corrected chi connectivity index (χ4v) is 2.89. The Balaban J connectivity index is 1.66. The smallest absolute Gasteiger partial charge is 0.260 e. The second-order valence-electron chi connectivity index (χ2n) is 5.83. The van der Waals surface area contributed by atoms with E-state index in [9.17, 15) is 4.79 Å². The van der Waals surface area contributed by atoms with Gasteiger partial charge in [0.15, 0.2) is 6.61 Å². The third-order valence-electron chi connectivity index (χ3n) is 4.22. The van der Waals surface area contributed by atoms with Crippen molar-refractivity contribution in [3.63, 3.8) is 0 Å². The molecule has 1 fully saturated rings. The molecule has 0 aromatic heterocycles. The van der Waals surface area contributed by atoms with Gasteiger partial charge in [-0.25, -0.2) is 0 Å². The Labute approximate surface area is 136 Å². The summed E-state index contributed by atoms with van der Waals surface area (Å²) < 4.78 is 5.78. The molecule has 1 amide bonds. The molecule has 1 aliphatic rings. The second kappa shape index (κ2) is 7.29. The molecule has 0 aliphatic carbocycles. The highest BCUT2D eigenvalue weighted by atomic mass is 16.5. The summed E-state index contributed by atoms with van der Waals surface area (Å²) in [5, 5.41) is 9.17. The summed E-state index contributed by atoms with van der Waals surface area (Å²) in [7, 11) is 0. The maximum atomic E-state index is 12.2. The zero-order chi connectivity index (χ0) is 16.1. The van der Waals surface area contributed by atoms with Gasteiger partial charge in [-0.05, 0) is 18.1 Å². The number of rotatable bonds is 5. The maximum absolute atomic E-state index is 12.2. The number of carbonyl (C=O) groups is 1. The topological polar surface area (TPSA) is 49.8 Å². The predicted octanol–water partition coefficient (Wildman–Crippen LogP) is 2.57. The molecule has 0 spiro atoms. The average molecular weight is 311 g/mol. The van der Waals surface area contributed by atoms with Crippen molar-refractivity contribution in [2.45, 2.75) is 6.42 Å². The molecule has 2 aromatic rings. The van der Waals surface area contributed by atoms with Gasteiger partial charge >= 0.3 is 0 Å². The lowest BCUT2D eigenvalue weighted by Gasteiger charge is -2.17. The lowest BCUT2D eigenvalue weighted by molar-refractivity contribution is -0.132. The lowest BCUT2D eigenvalue weighted by Crippen LogP contribution is -2.33. The number of benzene rings is 2. The first-order chi connectivity index (χ1) is 11.3. The van der Waals surface area contributed by atoms with Crippen molar-refractivity contribution >= 4 is 5.91 Å². The van der Waals surface area contributed by atoms with Crippen molar-refractivity contribution in [2.24, 2.45) is 5.92 Å². The van der Waals surface area contributed by atoms with E-state index in [2.05, 4.69) is 0 Å². The summed E-state index contributed by atoms with van der Waals surface area (Å²) in [5.74, 6) is 0.893. The third kappa shape index (κ3) is 3.71. The molecule has 4 heteroatoms. The van der Waals surface area contributed by atoms with Gasteiger partial charge in [-0.2, -0.15) is 0 Å². The van der Waals surface area contributed by atoms with Gasteiger partial charge < -0.3 is 14.7 Å². The maximum Gasteiger partial charge on any atom is 0.260 e. The number of aliphatic hydroxyl groups excluding tert-OH is 1. The lowest BCUT2D eigenvalue weighted by atomic mass is 10.1. The van der Waals surface area contributed by atoms with Crippen LogP contribution in [0.4, 0.5) is 0 Å². The van der Waals surface area contributed by atoms with Gasteiger partial charge in [-0.3, -0.25) is 4.79 Å². The van der Waals surface area contributed by atoms with Crippen LogP contribution >= 0.6 is 0 Å². The number of aliphatic hydroxyl groups is 1. The molecular formula is C19H21NO3. The van der Waals surface area contributed by atoms with Crippen LogP contribution in [0.2, 0.25) is 0 Å². The number of likely N-dealkylation sites (tertiary alicyclic amines) is 1. The first-order valence-electron chi connectivity index (χ1n) is 7.94. The van der Waals surface area contributed by atoms with Crippen LogP contribution in [-0.2, 0) is 4.79 Å². The summed E-state index contributed by atoms with van der Waals surface area (Å²) in [6.07, 6.45) is 0.864. The highest BCUT2D eigenvalue weighted by Gasteiger charge is 2.25. The minimum Gasteiger partial charge on any atom is -0.483 e. The summed E-state index contributed by atoms with van der Waals surface area (Å²) in [4.78, 5) is 14.0.